The summed E-state index contributed by atoms with van der Waals surface area (Å²) in [5, 5.41) is 0. The number of pyridine rings is 1. The van der Waals surface area contributed by atoms with Crippen LogP contribution in [0.3, 0.4) is 0 Å². The average Bonchev–Trinajstić information content (AvgIpc) is 2.73. The fourth-order valence-corrected chi connectivity index (χ4v) is 4.26. The number of aromatic nitrogens is 3. The number of thioether (sulfide) groups is 1. The van der Waals surface area contributed by atoms with E-state index in [9.17, 15) is 18.8 Å². The minimum atomic E-state index is -1.18. The second kappa shape index (κ2) is 10.4. The summed E-state index contributed by atoms with van der Waals surface area (Å²) in [6.07, 6.45) is 2.51. The van der Waals surface area contributed by atoms with Crippen molar-refractivity contribution < 1.29 is 37.7 Å². The van der Waals surface area contributed by atoms with E-state index >= 15 is 0 Å². The average molecular weight is 465 g/mol. The number of carbonyl (C=O) groups excluding carboxylic acids is 3. The van der Waals surface area contributed by atoms with Crippen LogP contribution in [-0.2, 0) is 28.6 Å². The SMILES string of the molecule is CC(=O)O[C@H]1[C@H](OC(C)=O)CSC(Oc2cc(-c3cncnc3)cnc2F)[C@@H]1OC(C)=O. The molecule has 32 heavy (non-hydrogen) atoms. The van der Waals surface area contributed by atoms with Crippen LogP contribution in [0.5, 0.6) is 5.75 Å². The van der Waals surface area contributed by atoms with Crippen LogP contribution >= 0.6 is 11.8 Å². The predicted molar refractivity (Wildman–Crippen MR) is 109 cm³/mol. The molecule has 0 amide bonds. The van der Waals surface area contributed by atoms with Crippen LogP contribution in [0.15, 0.2) is 31.0 Å². The highest BCUT2D eigenvalue weighted by molar-refractivity contribution is 7.99. The largest absolute Gasteiger partial charge is 0.471 e. The second-order valence-electron chi connectivity index (χ2n) is 6.76. The number of nitrogens with zero attached hydrogens (tertiary/aromatic N) is 3. The first-order valence-corrected chi connectivity index (χ1v) is 10.5. The molecule has 1 unspecified atom stereocenters. The molecule has 4 atom stereocenters. The van der Waals surface area contributed by atoms with Crippen molar-refractivity contribution in [2.75, 3.05) is 5.75 Å². The first-order valence-electron chi connectivity index (χ1n) is 9.45. The monoisotopic (exact) mass is 465 g/mol. The van der Waals surface area contributed by atoms with Gasteiger partial charge in [0.15, 0.2) is 29.5 Å². The van der Waals surface area contributed by atoms with Crippen molar-refractivity contribution in [3.05, 3.63) is 36.9 Å². The van der Waals surface area contributed by atoms with E-state index in [0.29, 0.717) is 11.1 Å². The maximum absolute atomic E-state index is 14.4. The van der Waals surface area contributed by atoms with Gasteiger partial charge in [0.2, 0.25) is 0 Å². The van der Waals surface area contributed by atoms with Gasteiger partial charge in [-0.15, -0.1) is 11.8 Å². The zero-order chi connectivity index (χ0) is 23.3. The van der Waals surface area contributed by atoms with E-state index in [1.165, 1.54) is 51.8 Å². The lowest BCUT2D eigenvalue weighted by Crippen LogP contribution is -2.55. The molecule has 1 fully saturated rings. The second-order valence-corrected chi connectivity index (χ2v) is 7.89. The highest BCUT2D eigenvalue weighted by Crippen LogP contribution is 2.35. The van der Waals surface area contributed by atoms with Gasteiger partial charge in [-0.25, -0.2) is 15.0 Å². The molecular weight excluding hydrogens is 445 g/mol. The Hall–Kier alpha value is -3.28. The fraction of sp³-hybridized carbons (Fsp3) is 0.400. The topological polar surface area (TPSA) is 127 Å². The first kappa shape index (κ1) is 23.4. The summed E-state index contributed by atoms with van der Waals surface area (Å²) >= 11 is 1.11. The van der Waals surface area contributed by atoms with Gasteiger partial charge in [-0.05, 0) is 6.07 Å². The van der Waals surface area contributed by atoms with Crippen LogP contribution in [0.4, 0.5) is 4.39 Å². The number of ether oxygens (including phenoxy) is 4. The summed E-state index contributed by atoms with van der Waals surface area (Å²) in [5.74, 6) is -2.90. The molecule has 10 nitrogen and oxygen atoms in total. The predicted octanol–water partition coefficient (Wildman–Crippen LogP) is 1.92. The Morgan fingerprint density at radius 3 is 2.19 bits per heavy atom. The molecule has 2 aromatic heterocycles. The minimum absolute atomic E-state index is 0.154. The van der Waals surface area contributed by atoms with Crippen molar-refractivity contribution in [3.63, 3.8) is 0 Å². The molecule has 0 radical (unpaired) electrons. The molecule has 0 bridgehead atoms. The maximum atomic E-state index is 14.4. The molecule has 0 aliphatic carbocycles. The Kier molecular flexibility index (Phi) is 7.57. The van der Waals surface area contributed by atoms with Crippen LogP contribution in [0, 0.1) is 5.95 Å². The smallest absolute Gasteiger partial charge is 0.303 e. The van der Waals surface area contributed by atoms with E-state index in [0.717, 1.165) is 11.8 Å². The molecule has 1 aliphatic heterocycles. The van der Waals surface area contributed by atoms with Crippen molar-refractivity contribution in [1.82, 2.24) is 15.0 Å². The zero-order valence-electron chi connectivity index (χ0n) is 17.4. The Morgan fingerprint density at radius 2 is 1.56 bits per heavy atom. The van der Waals surface area contributed by atoms with Crippen molar-refractivity contribution >= 4 is 29.7 Å². The van der Waals surface area contributed by atoms with Gasteiger partial charge in [0.1, 0.15) is 6.33 Å². The Bertz CT molecular complexity index is 994. The van der Waals surface area contributed by atoms with Crippen LogP contribution in [0.1, 0.15) is 20.8 Å². The van der Waals surface area contributed by atoms with Crippen molar-refractivity contribution in [3.8, 4) is 16.9 Å². The highest BCUT2D eigenvalue weighted by atomic mass is 32.2. The molecule has 2 aromatic rings. The van der Waals surface area contributed by atoms with Gasteiger partial charge in [0.25, 0.3) is 5.95 Å². The molecular formula is C20H20FN3O7S. The maximum Gasteiger partial charge on any atom is 0.303 e. The minimum Gasteiger partial charge on any atom is -0.471 e. The lowest BCUT2D eigenvalue weighted by molar-refractivity contribution is -0.186. The van der Waals surface area contributed by atoms with E-state index in [4.69, 9.17) is 18.9 Å². The molecule has 0 spiro atoms. The molecule has 12 heteroatoms. The van der Waals surface area contributed by atoms with Gasteiger partial charge in [-0.2, -0.15) is 4.39 Å². The quantitative estimate of drug-likeness (QED) is 0.353. The summed E-state index contributed by atoms with van der Waals surface area (Å²) in [6, 6.07) is 1.41. The zero-order valence-corrected chi connectivity index (χ0v) is 18.2. The highest BCUT2D eigenvalue weighted by Gasteiger charge is 2.48. The standard InChI is InChI=1S/C20H20FN3O7S/c1-10(25)28-16-8-32-20(18(30-12(3)27)17(16)29-11(2)26)31-15-4-13(7-24-19(15)21)14-5-22-9-23-6-14/h4-7,9,16-18,20H,8H2,1-3H3/t16-,17+,18-,20?/m1/s1. The number of carbonyl (C=O) groups is 3. The molecule has 170 valence electrons. The van der Waals surface area contributed by atoms with Crippen LogP contribution in [0.2, 0.25) is 0 Å². The number of esters is 3. The van der Waals surface area contributed by atoms with Crippen molar-refractivity contribution in [2.45, 2.75) is 44.5 Å². The summed E-state index contributed by atoms with van der Waals surface area (Å²) in [7, 11) is 0. The summed E-state index contributed by atoms with van der Waals surface area (Å²) in [5.41, 5.74) is 0.111. The number of hydrogen-bond acceptors (Lipinski definition) is 11. The van der Waals surface area contributed by atoms with Crippen LogP contribution < -0.4 is 4.74 Å². The van der Waals surface area contributed by atoms with Gasteiger partial charge in [0, 0.05) is 56.2 Å². The Labute approximate surface area is 186 Å². The van der Waals surface area contributed by atoms with E-state index in [1.54, 1.807) is 0 Å². The fourth-order valence-electron chi connectivity index (χ4n) is 3.05. The molecule has 3 heterocycles. The van der Waals surface area contributed by atoms with Gasteiger partial charge < -0.3 is 18.9 Å². The van der Waals surface area contributed by atoms with Gasteiger partial charge in [-0.1, -0.05) is 0 Å². The molecule has 0 N–H and O–H groups in total. The van der Waals surface area contributed by atoms with Gasteiger partial charge >= 0.3 is 17.9 Å². The first-order chi connectivity index (χ1) is 15.2. The lowest BCUT2D eigenvalue weighted by Gasteiger charge is -2.39. The van der Waals surface area contributed by atoms with Crippen molar-refractivity contribution in [2.24, 2.45) is 0 Å². The number of halogens is 1. The lowest BCUT2D eigenvalue weighted by atomic mass is 10.1. The Balaban J connectivity index is 1.91. The van der Waals surface area contributed by atoms with Gasteiger partial charge in [0.05, 0.1) is 0 Å². The molecule has 3 rings (SSSR count). The van der Waals surface area contributed by atoms with Crippen LogP contribution in [0.25, 0.3) is 11.1 Å². The van der Waals surface area contributed by atoms with E-state index in [1.807, 2.05) is 0 Å². The molecule has 1 saturated heterocycles. The van der Waals surface area contributed by atoms with E-state index < -0.39 is 47.6 Å². The number of rotatable bonds is 6. The van der Waals surface area contributed by atoms with E-state index in [-0.39, 0.29) is 11.5 Å². The third-order valence-electron chi connectivity index (χ3n) is 4.25. The summed E-state index contributed by atoms with van der Waals surface area (Å²) < 4.78 is 36.1. The van der Waals surface area contributed by atoms with Crippen molar-refractivity contribution in [1.29, 1.82) is 0 Å². The summed E-state index contributed by atoms with van der Waals surface area (Å²) in [6.45, 7) is 3.54. The summed E-state index contributed by atoms with van der Waals surface area (Å²) in [4.78, 5) is 46.4. The molecule has 0 saturated carbocycles. The molecule has 0 aromatic carbocycles. The molecule has 1 aliphatic rings. The van der Waals surface area contributed by atoms with E-state index in [2.05, 4.69) is 15.0 Å². The van der Waals surface area contributed by atoms with Gasteiger partial charge in [-0.3, -0.25) is 14.4 Å². The van der Waals surface area contributed by atoms with Crippen LogP contribution in [-0.4, -0.2) is 62.4 Å². The number of hydrogen-bond donors (Lipinski definition) is 0. The normalized spacial score (nSPS) is 22.5. The third kappa shape index (κ3) is 5.90. The third-order valence-corrected chi connectivity index (χ3v) is 5.46. The Morgan fingerprint density at radius 1 is 0.938 bits per heavy atom.